The van der Waals surface area contributed by atoms with Gasteiger partial charge in [-0.05, 0) is 24.3 Å². The van der Waals surface area contributed by atoms with E-state index in [1.54, 1.807) is 59.1 Å². The van der Waals surface area contributed by atoms with Crippen molar-refractivity contribution >= 4 is 35.1 Å². The van der Waals surface area contributed by atoms with Gasteiger partial charge in [0.1, 0.15) is 11.2 Å². The number of urea groups is 1. The Labute approximate surface area is 137 Å². The van der Waals surface area contributed by atoms with Gasteiger partial charge in [-0.25, -0.2) is 9.18 Å². The molecule has 114 valence electrons. The average Bonchev–Trinajstić information content (AvgIpc) is 2.97. The zero-order chi connectivity index (χ0) is 15.5. The van der Waals surface area contributed by atoms with Crippen LogP contribution in [-0.2, 0) is 0 Å². The predicted molar refractivity (Wildman–Crippen MR) is 88.8 cm³/mol. The second-order valence-electron chi connectivity index (χ2n) is 4.88. The standard InChI is InChI=1S/C16H14ClFN2OS/c17-11-4-3-5-12(10-11)19-16(21)20-8-9-22-15(20)13-6-1-2-7-14(13)18/h1-7,10,15H,8-9H2,(H,19,21)/t15-/m1/s1. The molecule has 6 heteroatoms. The highest BCUT2D eigenvalue weighted by molar-refractivity contribution is 7.99. The lowest BCUT2D eigenvalue weighted by atomic mass is 10.2. The molecule has 1 heterocycles. The summed E-state index contributed by atoms with van der Waals surface area (Å²) < 4.78 is 14.0. The first-order valence-electron chi connectivity index (χ1n) is 6.84. The Kier molecular flexibility index (Phi) is 4.55. The molecule has 1 fully saturated rings. The van der Waals surface area contributed by atoms with E-state index in [0.29, 0.717) is 22.8 Å². The maximum atomic E-state index is 14.0. The molecule has 2 amide bonds. The molecule has 1 atom stereocenters. The van der Waals surface area contributed by atoms with Gasteiger partial charge < -0.3 is 10.2 Å². The Balaban J connectivity index is 1.78. The number of hydrogen-bond donors (Lipinski definition) is 1. The van der Waals surface area contributed by atoms with E-state index in [1.165, 1.54) is 6.07 Å². The van der Waals surface area contributed by atoms with Gasteiger partial charge in [-0.15, -0.1) is 11.8 Å². The SMILES string of the molecule is O=C(Nc1cccc(Cl)c1)N1CCS[C@@H]1c1ccccc1F. The van der Waals surface area contributed by atoms with E-state index in [-0.39, 0.29) is 17.2 Å². The molecule has 0 radical (unpaired) electrons. The lowest BCUT2D eigenvalue weighted by Gasteiger charge is -2.24. The molecule has 0 saturated carbocycles. The van der Waals surface area contributed by atoms with Crippen LogP contribution < -0.4 is 5.32 Å². The first-order valence-corrected chi connectivity index (χ1v) is 8.27. The number of nitrogens with zero attached hydrogens (tertiary/aromatic N) is 1. The van der Waals surface area contributed by atoms with Gasteiger partial charge in [0.25, 0.3) is 0 Å². The summed E-state index contributed by atoms with van der Waals surface area (Å²) in [6.45, 7) is 0.579. The Morgan fingerprint density at radius 3 is 2.86 bits per heavy atom. The van der Waals surface area contributed by atoms with Gasteiger partial charge >= 0.3 is 6.03 Å². The molecule has 0 spiro atoms. The maximum absolute atomic E-state index is 14.0. The molecule has 0 aliphatic carbocycles. The van der Waals surface area contributed by atoms with Crippen LogP contribution in [0.4, 0.5) is 14.9 Å². The first kappa shape index (κ1) is 15.2. The minimum Gasteiger partial charge on any atom is -0.308 e. The Bertz CT molecular complexity index is 697. The monoisotopic (exact) mass is 336 g/mol. The van der Waals surface area contributed by atoms with E-state index in [9.17, 15) is 9.18 Å². The van der Waals surface area contributed by atoms with Crippen LogP contribution in [0, 0.1) is 5.82 Å². The fourth-order valence-electron chi connectivity index (χ4n) is 2.37. The van der Waals surface area contributed by atoms with Crippen LogP contribution in [-0.4, -0.2) is 23.2 Å². The zero-order valence-electron chi connectivity index (χ0n) is 11.6. The van der Waals surface area contributed by atoms with Crippen molar-refractivity contribution in [2.45, 2.75) is 5.37 Å². The minimum atomic E-state index is -0.305. The van der Waals surface area contributed by atoms with Crippen molar-refractivity contribution in [3.63, 3.8) is 0 Å². The largest absolute Gasteiger partial charge is 0.323 e. The van der Waals surface area contributed by atoms with Crippen LogP contribution >= 0.6 is 23.4 Å². The highest BCUT2D eigenvalue weighted by Crippen LogP contribution is 2.39. The van der Waals surface area contributed by atoms with Crippen molar-refractivity contribution in [3.8, 4) is 0 Å². The van der Waals surface area contributed by atoms with Crippen molar-refractivity contribution in [2.75, 3.05) is 17.6 Å². The molecular formula is C16H14ClFN2OS. The van der Waals surface area contributed by atoms with Crippen molar-refractivity contribution in [1.29, 1.82) is 0 Å². The number of carbonyl (C=O) groups is 1. The highest BCUT2D eigenvalue weighted by Gasteiger charge is 2.32. The van der Waals surface area contributed by atoms with Gasteiger partial charge in [0.2, 0.25) is 0 Å². The molecule has 0 aromatic heterocycles. The molecule has 2 aromatic rings. The number of anilines is 1. The van der Waals surface area contributed by atoms with E-state index < -0.39 is 0 Å². The van der Waals surface area contributed by atoms with Crippen LogP contribution in [0.2, 0.25) is 5.02 Å². The molecule has 1 N–H and O–H groups in total. The molecule has 22 heavy (non-hydrogen) atoms. The van der Waals surface area contributed by atoms with Gasteiger partial charge in [0.15, 0.2) is 0 Å². The molecule has 1 saturated heterocycles. The number of carbonyl (C=O) groups excluding carboxylic acids is 1. The summed E-state index contributed by atoms with van der Waals surface area (Å²) >= 11 is 7.47. The normalized spacial score (nSPS) is 17.5. The van der Waals surface area contributed by atoms with Gasteiger partial charge in [-0.3, -0.25) is 0 Å². The van der Waals surface area contributed by atoms with E-state index in [0.717, 1.165) is 5.75 Å². The Morgan fingerprint density at radius 2 is 2.09 bits per heavy atom. The average molecular weight is 337 g/mol. The van der Waals surface area contributed by atoms with Crippen molar-refractivity contribution < 1.29 is 9.18 Å². The summed E-state index contributed by atoms with van der Waals surface area (Å²) in [5, 5.41) is 3.06. The van der Waals surface area contributed by atoms with Crippen LogP contribution in [0.1, 0.15) is 10.9 Å². The molecule has 0 unspecified atom stereocenters. The molecule has 3 nitrogen and oxygen atoms in total. The number of amides is 2. The van der Waals surface area contributed by atoms with Crippen LogP contribution in [0.25, 0.3) is 0 Å². The molecule has 3 rings (SSSR count). The number of rotatable bonds is 2. The van der Waals surface area contributed by atoms with Crippen LogP contribution in [0.3, 0.4) is 0 Å². The maximum Gasteiger partial charge on any atom is 0.323 e. The number of thioether (sulfide) groups is 1. The van der Waals surface area contributed by atoms with E-state index in [1.807, 2.05) is 0 Å². The smallest absolute Gasteiger partial charge is 0.308 e. The van der Waals surface area contributed by atoms with Crippen molar-refractivity contribution in [3.05, 3.63) is 64.9 Å². The number of halogens is 2. The summed E-state index contributed by atoms with van der Waals surface area (Å²) in [6, 6.07) is 13.3. The molecule has 1 aliphatic rings. The van der Waals surface area contributed by atoms with Gasteiger partial charge in [0.05, 0.1) is 0 Å². The number of hydrogen-bond acceptors (Lipinski definition) is 2. The van der Waals surface area contributed by atoms with E-state index >= 15 is 0 Å². The topological polar surface area (TPSA) is 32.3 Å². The first-order chi connectivity index (χ1) is 10.6. The van der Waals surface area contributed by atoms with Gasteiger partial charge in [-0.2, -0.15) is 0 Å². The summed E-state index contributed by atoms with van der Waals surface area (Å²) in [4.78, 5) is 14.1. The lowest BCUT2D eigenvalue weighted by molar-refractivity contribution is 0.213. The van der Waals surface area contributed by atoms with Crippen LogP contribution in [0.5, 0.6) is 0 Å². The molecule has 1 aliphatic heterocycles. The third-order valence-electron chi connectivity index (χ3n) is 3.40. The summed E-state index contributed by atoms with van der Waals surface area (Å²) in [7, 11) is 0. The predicted octanol–water partition coefficient (Wildman–Crippen LogP) is 4.76. The quantitative estimate of drug-likeness (QED) is 0.857. The van der Waals surface area contributed by atoms with E-state index in [4.69, 9.17) is 11.6 Å². The minimum absolute atomic E-state index is 0.250. The summed E-state index contributed by atoms with van der Waals surface area (Å²) in [6.07, 6.45) is 0. The van der Waals surface area contributed by atoms with E-state index in [2.05, 4.69) is 5.32 Å². The lowest BCUT2D eigenvalue weighted by Crippen LogP contribution is -2.34. The summed E-state index contributed by atoms with van der Waals surface area (Å²) in [5.74, 6) is 0.490. The zero-order valence-corrected chi connectivity index (χ0v) is 13.2. The fraction of sp³-hybridized carbons (Fsp3) is 0.188. The fourth-order valence-corrected chi connectivity index (χ4v) is 3.84. The Morgan fingerprint density at radius 1 is 1.27 bits per heavy atom. The second-order valence-corrected chi connectivity index (χ2v) is 6.50. The second kappa shape index (κ2) is 6.58. The van der Waals surface area contributed by atoms with Crippen LogP contribution in [0.15, 0.2) is 48.5 Å². The number of benzene rings is 2. The van der Waals surface area contributed by atoms with Gasteiger partial charge in [0, 0.05) is 28.6 Å². The van der Waals surface area contributed by atoms with Gasteiger partial charge in [-0.1, -0.05) is 35.9 Å². The van der Waals surface area contributed by atoms with Crippen molar-refractivity contribution in [2.24, 2.45) is 0 Å². The molecule has 0 bridgehead atoms. The third-order valence-corrected chi connectivity index (χ3v) is 4.88. The third kappa shape index (κ3) is 3.20. The Hall–Kier alpha value is -1.72. The summed E-state index contributed by atoms with van der Waals surface area (Å²) in [5.41, 5.74) is 1.16. The highest BCUT2D eigenvalue weighted by atomic mass is 35.5. The number of nitrogens with one attached hydrogen (secondary N) is 1. The van der Waals surface area contributed by atoms with Crippen molar-refractivity contribution in [1.82, 2.24) is 4.90 Å². The molecule has 2 aromatic carbocycles. The molecular weight excluding hydrogens is 323 g/mol.